The summed E-state index contributed by atoms with van der Waals surface area (Å²) in [5.41, 5.74) is 1.93. The summed E-state index contributed by atoms with van der Waals surface area (Å²) in [5.74, 6) is -0.314. The van der Waals surface area contributed by atoms with Gasteiger partial charge in [0, 0.05) is 21.5 Å². The van der Waals surface area contributed by atoms with Crippen LogP contribution >= 0.6 is 22.9 Å². The van der Waals surface area contributed by atoms with Gasteiger partial charge in [-0.3, -0.25) is 0 Å². The Morgan fingerprint density at radius 2 is 2.29 bits per heavy atom. The van der Waals surface area contributed by atoms with Crippen molar-refractivity contribution in [3.63, 3.8) is 0 Å². The first-order valence-electron chi connectivity index (χ1n) is 7.37. The number of hydrogen-bond acceptors (Lipinski definition) is 3. The third-order valence-electron chi connectivity index (χ3n) is 3.70. The van der Waals surface area contributed by atoms with Crippen LogP contribution in [0.25, 0.3) is 10.6 Å². The highest BCUT2D eigenvalue weighted by atomic mass is 35.5. The molecule has 1 aliphatic rings. The van der Waals surface area contributed by atoms with Gasteiger partial charge in [0.1, 0.15) is 10.8 Å². The molecule has 0 saturated carbocycles. The molecule has 0 fully saturated rings. The highest BCUT2D eigenvalue weighted by molar-refractivity contribution is 7.15. The summed E-state index contributed by atoms with van der Waals surface area (Å²) < 4.78 is 13.5. The maximum absolute atomic E-state index is 13.5. The molecule has 0 bridgehead atoms. The molecule has 1 unspecified atom stereocenters. The van der Waals surface area contributed by atoms with Gasteiger partial charge in [-0.1, -0.05) is 18.5 Å². The van der Waals surface area contributed by atoms with Crippen LogP contribution in [0.4, 0.5) is 4.39 Å². The monoisotopic (exact) mass is 324 g/mol. The fourth-order valence-corrected chi connectivity index (χ4v) is 4.16. The van der Waals surface area contributed by atoms with Crippen LogP contribution in [0.5, 0.6) is 0 Å². The number of hydrogen-bond donors (Lipinski definition) is 1. The SMILES string of the molecule is CCCNC1CCCc2nc(-c3cc(F)cc(Cl)c3)sc21. The van der Waals surface area contributed by atoms with Gasteiger partial charge in [0.05, 0.1) is 5.69 Å². The fourth-order valence-electron chi connectivity index (χ4n) is 2.73. The lowest BCUT2D eigenvalue weighted by Gasteiger charge is -2.22. The average molecular weight is 325 g/mol. The van der Waals surface area contributed by atoms with E-state index in [4.69, 9.17) is 16.6 Å². The van der Waals surface area contributed by atoms with Gasteiger partial charge in [-0.15, -0.1) is 11.3 Å². The van der Waals surface area contributed by atoms with Crippen molar-refractivity contribution in [3.8, 4) is 10.6 Å². The lowest BCUT2D eigenvalue weighted by atomic mass is 9.98. The lowest BCUT2D eigenvalue weighted by molar-refractivity contribution is 0.465. The van der Waals surface area contributed by atoms with Crippen molar-refractivity contribution in [2.45, 2.75) is 38.6 Å². The van der Waals surface area contributed by atoms with Crippen molar-refractivity contribution in [1.29, 1.82) is 0 Å². The van der Waals surface area contributed by atoms with Crippen molar-refractivity contribution < 1.29 is 4.39 Å². The summed E-state index contributed by atoms with van der Waals surface area (Å²) >= 11 is 7.61. The molecule has 1 atom stereocenters. The molecule has 5 heteroatoms. The average Bonchev–Trinajstić information content (AvgIpc) is 2.88. The van der Waals surface area contributed by atoms with Crippen molar-refractivity contribution in [2.24, 2.45) is 0 Å². The zero-order chi connectivity index (χ0) is 14.8. The van der Waals surface area contributed by atoms with Crippen LogP contribution in [0.1, 0.15) is 42.8 Å². The minimum atomic E-state index is -0.314. The van der Waals surface area contributed by atoms with E-state index in [9.17, 15) is 4.39 Å². The van der Waals surface area contributed by atoms with Gasteiger partial charge in [0.2, 0.25) is 0 Å². The second-order valence-electron chi connectivity index (χ2n) is 5.39. The van der Waals surface area contributed by atoms with Crippen LogP contribution in [0.2, 0.25) is 5.02 Å². The molecule has 0 saturated heterocycles. The molecule has 2 nitrogen and oxygen atoms in total. The van der Waals surface area contributed by atoms with Crippen molar-refractivity contribution in [3.05, 3.63) is 39.6 Å². The molecule has 0 amide bonds. The second kappa shape index (κ2) is 6.42. The smallest absolute Gasteiger partial charge is 0.125 e. The number of halogens is 2. The molecule has 1 aromatic heterocycles. The number of benzene rings is 1. The van der Waals surface area contributed by atoms with E-state index in [0.29, 0.717) is 11.1 Å². The van der Waals surface area contributed by atoms with Crippen LogP contribution in [-0.4, -0.2) is 11.5 Å². The lowest BCUT2D eigenvalue weighted by Crippen LogP contribution is -2.24. The summed E-state index contributed by atoms with van der Waals surface area (Å²) in [4.78, 5) is 6.03. The minimum Gasteiger partial charge on any atom is -0.309 e. The standard InChI is InChI=1S/C16H18ClFN2S/c1-2-6-19-13-4-3-5-14-15(13)21-16(20-14)10-7-11(17)9-12(18)8-10/h7-9,13,19H,2-6H2,1H3. The van der Waals surface area contributed by atoms with Gasteiger partial charge in [0.15, 0.2) is 0 Å². The van der Waals surface area contributed by atoms with Crippen LogP contribution in [0, 0.1) is 5.82 Å². The molecule has 21 heavy (non-hydrogen) atoms. The van der Waals surface area contributed by atoms with E-state index < -0.39 is 0 Å². The van der Waals surface area contributed by atoms with E-state index in [0.717, 1.165) is 48.5 Å². The number of nitrogens with zero attached hydrogens (tertiary/aromatic N) is 1. The summed E-state index contributed by atoms with van der Waals surface area (Å²) in [7, 11) is 0. The molecule has 1 aromatic carbocycles. The Kier molecular flexibility index (Phi) is 4.57. The quantitative estimate of drug-likeness (QED) is 0.858. The Morgan fingerprint density at radius 3 is 3.05 bits per heavy atom. The summed E-state index contributed by atoms with van der Waals surface area (Å²) in [6, 6.07) is 5.00. The van der Waals surface area contributed by atoms with Gasteiger partial charge in [-0.25, -0.2) is 9.37 Å². The first-order valence-corrected chi connectivity index (χ1v) is 8.56. The van der Waals surface area contributed by atoms with E-state index in [1.807, 2.05) is 0 Å². The Bertz CT molecular complexity index is 621. The van der Waals surface area contributed by atoms with Crippen molar-refractivity contribution in [2.75, 3.05) is 6.54 Å². The van der Waals surface area contributed by atoms with Crippen LogP contribution in [0.15, 0.2) is 18.2 Å². The third kappa shape index (κ3) is 3.28. The zero-order valence-corrected chi connectivity index (χ0v) is 13.5. The van der Waals surface area contributed by atoms with Crippen LogP contribution < -0.4 is 5.32 Å². The third-order valence-corrected chi connectivity index (χ3v) is 5.18. The van der Waals surface area contributed by atoms with E-state index in [-0.39, 0.29) is 5.82 Å². The van der Waals surface area contributed by atoms with Gasteiger partial charge in [-0.2, -0.15) is 0 Å². The van der Waals surface area contributed by atoms with Gasteiger partial charge < -0.3 is 5.32 Å². The maximum atomic E-state index is 13.5. The number of aryl methyl sites for hydroxylation is 1. The highest BCUT2D eigenvalue weighted by Crippen LogP contribution is 2.38. The van der Waals surface area contributed by atoms with Crippen LogP contribution in [0.3, 0.4) is 0 Å². The fraction of sp³-hybridized carbons (Fsp3) is 0.438. The van der Waals surface area contributed by atoms with Gasteiger partial charge in [0.25, 0.3) is 0 Å². The number of fused-ring (bicyclic) bond motifs is 1. The van der Waals surface area contributed by atoms with Crippen molar-refractivity contribution in [1.82, 2.24) is 10.3 Å². The normalized spacial score (nSPS) is 17.8. The van der Waals surface area contributed by atoms with E-state index >= 15 is 0 Å². The number of thiazole rings is 1. The highest BCUT2D eigenvalue weighted by Gasteiger charge is 2.24. The molecule has 1 heterocycles. The number of rotatable bonds is 4. The van der Waals surface area contributed by atoms with E-state index in [2.05, 4.69) is 12.2 Å². The number of nitrogens with one attached hydrogen (secondary N) is 1. The zero-order valence-electron chi connectivity index (χ0n) is 12.0. The molecular weight excluding hydrogens is 307 g/mol. The largest absolute Gasteiger partial charge is 0.309 e. The molecule has 2 aromatic rings. The first kappa shape index (κ1) is 14.9. The minimum absolute atomic E-state index is 0.314. The maximum Gasteiger partial charge on any atom is 0.125 e. The van der Waals surface area contributed by atoms with Gasteiger partial charge in [-0.05, 0) is 50.4 Å². The first-order chi connectivity index (χ1) is 10.2. The Hall–Kier alpha value is -0.970. The second-order valence-corrected chi connectivity index (χ2v) is 6.85. The number of aromatic nitrogens is 1. The topological polar surface area (TPSA) is 24.9 Å². The molecule has 3 rings (SSSR count). The Balaban J connectivity index is 1.93. The summed E-state index contributed by atoms with van der Waals surface area (Å²) in [5, 5.41) is 4.87. The molecule has 0 spiro atoms. The predicted molar refractivity (Wildman–Crippen MR) is 86.5 cm³/mol. The molecule has 112 valence electrons. The Labute approximate surface area is 133 Å². The molecule has 1 aliphatic carbocycles. The molecule has 0 radical (unpaired) electrons. The summed E-state index contributed by atoms with van der Waals surface area (Å²) in [6.07, 6.45) is 4.44. The molecule has 0 aliphatic heterocycles. The van der Waals surface area contributed by atoms with Crippen molar-refractivity contribution >= 4 is 22.9 Å². The van der Waals surface area contributed by atoms with Crippen LogP contribution in [-0.2, 0) is 6.42 Å². The van der Waals surface area contributed by atoms with Gasteiger partial charge >= 0.3 is 0 Å². The predicted octanol–water partition coefficient (Wildman–Crippen LogP) is 4.98. The summed E-state index contributed by atoms with van der Waals surface area (Å²) in [6.45, 7) is 3.19. The Morgan fingerprint density at radius 1 is 1.43 bits per heavy atom. The molecular formula is C16H18ClFN2S. The van der Waals surface area contributed by atoms with E-state index in [1.165, 1.54) is 17.0 Å². The van der Waals surface area contributed by atoms with E-state index in [1.54, 1.807) is 17.4 Å². The molecule has 1 N–H and O–H groups in total.